The predicted octanol–water partition coefficient (Wildman–Crippen LogP) is 3.78. The van der Waals surface area contributed by atoms with Gasteiger partial charge in [-0.05, 0) is 66.9 Å². The zero-order valence-electron chi connectivity index (χ0n) is 17.2. The second-order valence-corrected chi connectivity index (χ2v) is 10.8. The van der Waals surface area contributed by atoms with Crippen molar-refractivity contribution in [3.63, 3.8) is 0 Å². The van der Waals surface area contributed by atoms with Gasteiger partial charge in [-0.25, -0.2) is 21.2 Å². The van der Waals surface area contributed by atoms with E-state index >= 15 is 0 Å². The molecule has 0 atom stereocenters. The summed E-state index contributed by atoms with van der Waals surface area (Å²) in [6, 6.07) is 16.2. The molecule has 0 aromatic heterocycles. The zero-order valence-corrected chi connectivity index (χ0v) is 18.8. The third-order valence-electron chi connectivity index (χ3n) is 5.17. The lowest BCUT2D eigenvalue weighted by atomic mass is 10.0. The summed E-state index contributed by atoms with van der Waals surface area (Å²) in [6.07, 6.45) is 1.20. The maximum Gasteiger partial charge on any atom is 0.264 e. The number of halogens is 1. The van der Waals surface area contributed by atoms with Gasteiger partial charge in [0.2, 0.25) is 0 Å². The zero-order chi connectivity index (χ0) is 22.9. The highest BCUT2D eigenvalue weighted by molar-refractivity contribution is 7.93. The summed E-state index contributed by atoms with van der Waals surface area (Å²) in [5, 5.41) is 0. The van der Waals surface area contributed by atoms with Gasteiger partial charge in [0.05, 0.1) is 22.6 Å². The van der Waals surface area contributed by atoms with Crippen LogP contribution in [0, 0.1) is 5.82 Å². The number of sulfonamides is 2. The first-order chi connectivity index (χ1) is 15.2. The van der Waals surface area contributed by atoms with Crippen molar-refractivity contribution in [2.24, 2.45) is 0 Å². The van der Waals surface area contributed by atoms with Crippen LogP contribution >= 0.6 is 0 Å². The number of benzene rings is 3. The van der Waals surface area contributed by atoms with E-state index in [2.05, 4.69) is 4.72 Å². The van der Waals surface area contributed by atoms with Crippen molar-refractivity contribution in [1.29, 1.82) is 0 Å². The molecule has 0 bridgehead atoms. The van der Waals surface area contributed by atoms with Crippen molar-refractivity contribution in [2.45, 2.75) is 22.6 Å². The van der Waals surface area contributed by atoms with Crippen LogP contribution in [0.1, 0.15) is 12.0 Å². The van der Waals surface area contributed by atoms with E-state index in [1.165, 1.54) is 29.6 Å². The first-order valence-electron chi connectivity index (χ1n) is 9.79. The molecule has 10 heteroatoms. The lowest BCUT2D eigenvalue weighted by Crippen LogP contribution is -2.35. The number of methoxy groups -OCH3 is 1. The molecule has 0 aliphatic carbocycles. The number of rotatable bonds is 6. The molecule has 3 aromatic rings. The van der Waals surface area contributed by atoms with Crippen LogP contribution in [0.5, 0.6) is 5.75 Å². The molecule has 1 aliphatic rings. The van der Waals surface area contributed by atoms with Crippen molar-refractivity contribution < 1.29 is 26.0 Å². The third kappa shape index (κ3) is 4.15. The highest BCUT2D eigenvalue weighted by Gasteiger charge is 2.29. The summed E-state index contributed by atoms with van der Waals surface area (Å²) in [6.45, 7) is 0.334. The van der Waals surface area contributed by atoms with Crippen LogP contribution in [-0.2, 0) is 26.5 Å². The molecule has 3 aromatic carbocycles. The third-order valence-corrected chi connectivity index (χ3v) is 8.38. The predicted molar refractivity (Wildman–Crippen MR) is 119 cm³/mol. The Hall–Kier alpha value is -3.11. The fourth-order valence-electron chi connectivity index (χ4n) is 3.62. The van der Waals surface area contributed by atoms with Crippen LogP contribution in [0.25, 0.3) is 0 Å². The number of hydrogen-bond acceptors (Lipinski definition) is 5. The molecule has 1 heterocycles. The summed E-state index contributed by atoms with van der Waals surface area (Å²) in [4.78, 5) is -0.0547. The highest BCUT2D eigenvalue weighted by atomic mass is 32.2. The fourth-order valence-corrected chi connectivity index (χ4v) is 6.25. The Morgan fingerprint density at radius 3 is 2.38 bits per heavy atom. The Kier molecular flexibility index (Phi) is 5.83. The number of hydrogen-bond donors (Lipinski definition) is 1. The van der Waals surface area contributed by atoms with Gasteiger partial charge in [0, 0.05) is 12.2 Å². The normalized spacial score (nSPS) is 14.0. The van der Waals surface area contributed by atoms with Crippen molar-refractivity contribution in [1.82, 2.24) is 0 Å². The maximum atomic E-state index is 14.0. The summed E-state index contributed by atoms with van der Waals surface area (Å²) in [5.74, 6) is -0.847. The van der Waals surface area contributed by atoms with Gasteiger partial charge in [-0.2, -0.15) is 0 Å². The van der Waals surface area contributed by atoms with E-state index in [1.54, 1.807) is 42.5 Å². The number of aryl methyl sites for hydroxylation is 1. The smallest absolute Gasteiger partial charge is 0.264 e. The Balaban J connectivity index is 1.64. The number of nitrogens with one attached hydrogen (secondary N) is 1. The summed E-state index contributed by atoms with van der Waals surface area (Å²) in [7, 11) is -6.50. The number of anilines is 2. The van der Waals surface area contributed by atoms with Crippen molar-refractivity contribution in [3.05, 3.63) is 78.1 Å². The van der Waals surface area contributed by atoms with E-state index in [4.69, 9.17) is 4.74 Å². The topological polar surface area (TPSA) is 92.8 Å². The second kappa shape index (κ2) is 8.44. The summed E-state index contributed by atoms with van der Waals surface area (Å²) >= 11 is 0. The number of ether oxygens (including phenoxy) is 1. The number of fused-ring (bicyclic) bond motifs is 1. The fraction of sp³-hybridized carbons (Fsp3) is 0.182. The lowest BCUT2D eigenvalue weighted by Gasteiger charge is -2.31. The average molecular weight is 477 g/mol. The monoisotopic (exact) mass is 476 g/mol. The minimum absolute atomic E-state index is 0.0579. The van der Waals surface area contributed by atoms with Crippen LogP contribution in [0.4, 0.5) is 15.8 Å². The molecule has 0 saturated heterocycles. The van der Waals surface area contributed by atoms with Gasteiger partial charge in [0.25, 0.3) is 20.0 Å². The Bertz CT molecular complexity index is 1360. The Labute approximate surface area is 186 Å². The summed E-state index contributed by atoms with van der Waals surface area (Å²) < 4.78 is 74.2. The van der Waals surface area contributed by atoms with E-state index in [9.17, 15) is 21.2 Å². The Morgan fingerprint density at radius 1 is 0.938 bits per heavy atom. The van der Waals surface area contributed by atoms with Gasteiger partial charge in [-0.3, -0.25) is 9.03 Å². The van der Waals surface area contributed by atoms with E-state index < -0.39 is 25.9 Å². The van der Waals surface area contributed by atoms with Crippen molar-refractivity contribution in [3.8, 4) is 5.75 Å². The number of nitrogens with zero attached hydrogens (tertiary/aromatic N) is 1. The van der Waals surface area contributed by atoms with Crippen LogP contribution in [0.15, 0.2) is 76.5 Å². The van der Waals surface area contributed by atoms with Gasteiger partial charge in [0.1, 0.15) is 0 Å². The minimum atomic E-state index is -4.05. The van der Waals surface area contributed by atoms with Crippen molar-refractivity contribution >= 4 is 31.4 Å². The van der Waals surface area contributed by atoms with Gasteiger partial charge >= 0.3 is 0 Å². The van der Waals surface area contributed by atoms with Crippen LogP contribution in [0.3, 0.4) is 0 Å². The molecule has 32 heavy (non-hydrogen) atoms. The van der Waals surface area contributed by atoms with Gasteiger partial charge < -0.3 is 4.74 Å². The molecule has 7 nitrogen and oxygen atoms in total. The molecule has 1 N–H and O–H groups in total. The second-order valence-electron chi connectivity index (χ2n) is 7.24. The standard InChI is InChI=1S/C22H21FN2O5S2/c1-30-22-12-10-19(15-20(22)23)31(26,27)24-17-9-11-21-16(14-17)6-5-13-25(21)32(28,29)18-7-3-2-4-8-18/h2-4,7-12,14-15,24H,5-6,13H2,1H3. The molecule has 1 aliphatic heterocycles. The first-order valence-corrected chi connectivity index (χ1v) is 12.7. The molecule has 0 unspecified atom stereocenters. The SMILES string of the molecule is COc1ccc(S(=O)(=O)Nc2ccc3c(c2)CCCN3S(=O)(=O)c2ccccc2)cc1F. The summed E-state index contributed by atoms with van der Waals surface area (Å²) in [5.41, 5.74) is 1.48. The molecule has 0 spiro atoms. The van der Waals surface area contributed by atoms with E-state index in [-0.39, 0.29) is 21.2 Å². The Morgan fingerprint density at radius 2 is 1.69 bits per heavy atom. The molecular formula is C22H21FN2O5S2. The molecular weight excluding hydrogens is 455 g/mol. The van der Waals surface area contributed by atoms with Crippen LogP contribution in [-0.4, -0.2) is 30.5 Å². The van der Waals surface area contributed by atoms with Gasteiger partial charge in [-0.15, -0.1) is 0 Å². The maximum absolute atomic E-state index is 14.0. The molecule has 0 fully saturated rings. The van der Waals surface area contributed by atoms with Gasteiger partial charge in [0.15, 0.2) is 11.6 Å². The molecule has 0 saturated carbocycles. The van der Waals surface area contributed by atoms with E-state index in [0.29, 0.717) is 30.6 Å². The van der Waals surface area contributed by atoms with E-state index in [0.717, 1.165) is 6.07 Å². The lowest BCUT2D eigenvalue weighted by molar-refractivity contribution is 0.385. The van der Waals surface area contributed by atoms with Crippen molar-refractivity contribution in [2.75, 3.05) is 22.7 Å². The van der Waals surface area contributed by atoms with Gasteiger partial charge in [-0.1, -0.05) is 18.2 Å². The van der Waals surface area contributed by atoms with E-state index in [1.807, 2.05) is 0 Å². The molecule has 0 radical (unpaired) electrons. The van der Waals surface area contributed by atoms with Crippen LogP contribution < -0.4 is 13.8 Å². The van der Waals surface area contributed by atoms with Crippen LogP contribution in [0.2, 0.25) is 0 Å². The molecule has 0 amide bonds. The molecule has 4 rings (SSSR count). The quantitative estimate of drug-likeness (QED) is 0.585. The average Bonchev–Trinajstić information content (AvgIpc) is 2.78. The highest BCUT2D eigenvalue weighted by Crippen LogP contribution is 2.34. The largest absolute Gasteiger partial charge is 0.494 e. The molecule has 168 valence electrons. The minimum Gasteiger partial charge on any atom is -0.494 e. The first kappa shape index (κ1) is 22.1.